The molecule has 0 aromatic carbocycles. The van der Waals surface area contributed by atoms with Crippen molar-refractivity contribution in [1.29, 1.82) is 0 Å². The highest BCUT2D eigenvalue weighted by atomic mass is 15.1. The lowest BCUT2D eigenvalue weighted by molar-refractivity contribution is 0.297. The summed E-state index contributed by atoms with van der Waals surface area (Å²) in [6.07, 6.45) is 3.18. The monoisotopic (exact) mass is 233 g/mol. The second kappa shape index (κ2) is 5.50. The second-order valence-corrected chi connectivity index (χ2v) is 5.29. The molecular weight excluding hydrogens is 210 g/mol. The number of anilines is 1. The van der Waals surface area contributed by atoms with Crippen molar-refractivity contribution < 1.29 is 0 Å². The summed E-state index contributed by atoms with van der Waals surface area (Å²) in [4.78, 5) is 6.90. The third kappa shape index (κ3) is 2.97. The van der Waals surface area contributed by atoms with E-state index in [1.54, 1.807) is 0 Å². The van der Waals surface area contributed by atoms with Crippen LogP contribution in [0.3, 0.4) is 0 Å². The molecule has 0 saturated carbocycles. The molecule has 3 heteroatoms. The zero-order chi connectivity index (χ0) is 12.3. The predicted octanol–water partition coefficient (Wildman–Crippen LogP) is 2.60. The van der Waals surface area contributed by atoms with Crippen LogP contribution in [-0.4, -0.2) is 30.0 Å². The van der Waals surface area contributed by atoms with E-state index in [2.05, 4.69) is 35.1 Å². The zero-order valence-electron chi connectivity index (χ0n) is 11.1. The topological polar surface area (TPSA) is 28.2 Å². The maximum Gasteiger partial charge on any atom is 0.130 e. The molecule has 0 radical (unpaired) electrons. The normalized spacial score (nSPS) is 21.1. The molecular formula is C14H23N3. The Morgan fingerprint density at radius 1 is 1.53 bits per heavy atom. The number of pyridine rings is 1. The van der Waals surface area contributed by atoms with Gasteiger partial charge in [0.05, 0.1) is 0 Å². The summed E-state index contributed by atoms with van der Waals surface area (Å²) in [5.41, 5.74) is 1.31. The van der Waals surface area contributed by atoms with Crippen molar-refractivity contribution in [3.63, 3.8) is 0 Å². The van der Waals surface area contributed by atoms with E-state index in [1.807, 2.05) is 19.3 Å². The fourth-order valence-electron chi connectivity index (χ4n) is 2.58. The van der Waals surface area contributed by atoms with E-state index < -0.39 is 0 Å². The van der Waals surface area contributed by atoms with Crippen molar-refractivity contribution in [3.8, 4) is 0 Å². The molecule has 1 N–H and O–H groups in total. The summed E-state index contributed by atoms with van der Waals surface area (Å²) < 4.78 is 0. The zero-order valence-corrected chi connectivity index (χ0v) is 11.1. The lowest BCUT2D eigenvalue weighted by Crippen LogP contribution is -2.22. The van der Waals surface area contributed by atoms with Gasteiger partial charge in [0.1, 0.15) is 5.82 Å². The van der Waals surface area contributed by atoms with Crippen LogP contribution in [0.15, 0.2) is 18.3 Å². The van der Waals surface area contributed by atoms with Crippen LogP contribution in [0.1, 0.15) is 25.8 Å². The van der Waals surface area contributed by atoms with Gasteiger partial charge in [0.15, 0.2) is 0 Å². The Kier molecular flexibility index (Phi) is 4.00. The minimum absolute atomic E-state index is 0.803. The Balaban J connectivity index is 1.98. The number of hydrogen-bond donors (Lipinski definition) is 1. The van der Waals surface area contributed by atoms with Gasteiger partial charge in [0.2, 0.25) is 0 Å². The van der Waals surface area contributed by atoms with Gasteiger partial charge in [0.25, 0.3) is 0 Å². The molecule has 2 heterocycles. The standard InChI is InChI=1S/C14H23N3/c1-11(2)12-6-8-17(9-12)10-13-5-4-7-16-14(13)15-3/h4-5,7,11-12H,6,8-10H2,1-3H3,(H,15,16). The van der Waals surface area contributed by atoms with Gasteiger partial charge in [-0.3, -0.25) is 4.90 Å². The molecule has 1 aromatic heterocycles. The average molecular weight is 233 g/mol. The first-order valence-electron chi connectivity index (χ1n) is 6.54. The third-order valence-electron chi connectivity index (χ3n) is 3.77. The number of rotatable bonds is 4. The molecule has 17 heavy (non-hydrogen) atoms. The van der Waals surface area contributed by atoms with Crippen molar-refractivity contribution in [3.05, 3.63) is 23.9 Å². The van der Waals surface area contributed by atoms with E-state index in [-0.39, 0.29) is 0 Å². The summed E-state index contributed by atoms with van der Waals surface area (Å²) in [7, 11) is 1.94. The van der Waals surface area contributed by atoms with Gasteiger partial charge in [-0.15, -0.1) is 0 Å². The molecule has 0 spiro atoms. The first kappa shape index (κ1) is 12.4. The Bertz CT molecular complexity index is 362. The molecule has 1 atom stereocenters. The van der Waals surface area contributed by atoms with Gasteiger partial charge in [-0.05, 0) is 30.9 Å². The molecule has 1 aliphatic heterocycles. The number of nitrogens with zero attached hydrogens (tertiary/aromatic N) is 2. The number of likely N-dealkylation sites (tertiary alicyclic amines) is 1. The van der Waals surface area contributed by atoms with Crippen LogP contribution in [-0.2, 0) is 6.54 Å². The van der Waals surface area contributed by atoms with Gasteiger partial charge in [0, 0.05) is 31.9 Å². The van der Waals surface area contributed by atoms with Crippen LogP contribution < -0.4 is 5.32 Å². The van der Waals surface area contributed by atoms with Crippen LogP contribution in [0.5, 0.6) is 0 Å². The number of nitrogens with one attached hydrogen (secondary N) is 1. The quantitative estimate of drug-likeness (QED) is 0.866. The Labute approximate surface area is 104 Å². The highest BCUT2D eigenvalue weighted by Crippen LogP contribution is 2.25. The van der Waals surface area contributed by atoms with Crippen molar-refractivity contribution in [2.45, 2.75) is 26.8 Å². The largest absolute Gasteiger partial charge is 0.373 e. The molecule has 0 bridgehead atoms. The first-order valence-corrected chi connectivity index (χ1v) is 6.54. The summed E-state index contributed by atoms with van der Waals surface area (Å²) in [5.74, 6) is 2.68. The van der Waals surface area contributed by atoms with Gasteiger partial charge in [-0.25, -0.2) is 4.98 Å². The molecule has 1 saturated heterocycles. The second-order valence-electron chi connectivity index (χ2n) is 5.29. The third-order valence-corrected chi connectivity index (χ3v) is 3.77. The van der Waals surface area contributed by atoms with Crippen molar-refractivity contribution in [2.24, 2.45) is 11.8 Å². The van der Waals surface area contributed by atoms with Crippen LogP contribution in [0, 0.1) is 11.8 Å². The smallest absolute Gasteiger partial charge is 0.130 e. The summed E-state index contributed by atoms with van der Waals surface area (Å²) in [6.45, 7) is 8.14. The molecule has 0 aliphatic carbocycles. The Hall–Kier alpha value is -1.09. The van der Waals surface area contributed by atoms with E-state index in [1.165, 1.54) is 25.1 Å². The van der Waals surface area contributed by atoms with Gasteiger partial charge in [-0.2, -0.15) is 0 Å². The van der Waals surface area contributed by atoms with Crippen LogP contribution in [0.2, 0.25) is 0 Å². The van der Waals surface area contributed by atoms with Crippen LogP contribution in [0.25, 0.3) is 0 Å². The highest BCUT2D eigenvalue weighted by Gasteiger charge is 2.25. The van der Waals surface area contributed by atoms with Crippen molar-refractivity contribution in [1.82, 2.24) is 9.88 Å². The Morgan fingerprint density at radius 3 is 3.00 bits per heavy atom. The predicted molar refractivity (Wildman–Crippen MR) is 72.0 cm³/mol. The van der Waals surface area contributed by atoms with Crippen LogP contribution in [0.4, 0.5) is 5.82 Å². The lowest BCUT2D eigenvalue weighted by Gasteiger charge is -2.19. The molecule has 1 fully saturated rings. The van der Waals surface area contributed by atoms with Crippen LogP contribution >= 0.6 is 0 Å². The number of hydrogen-bond acceptors (Lipinski definition) is 3. The van der Waals surface area contributed by atoms with Crippen molar-refractivity contribution in [2.75, 3.05) is 25.5 Å². The molecule has 2 rings (SSSR count). The molecule has 0 amide bonds. The molecule has 3 nitrogen and oxygen atoms in total. The van der Waals surface area contributed by atoms with E-state index >= 15 is 0 Å². The summed E-state index contributed by atoms with van der Waals surface area (Å²) in [5, 5.41) is 3.17. The first-order chi connectivity index (χ1) is 8.20. The molecule has 1 aromatic rings. The van der Waals surface area contributed by atoms with E-state index in [4.69, 9.17) is 0 Å². The van der Waals surface area contributed by atoms with Gasteiger partial charge >= 0.3 is 0 Å². The molecule has 1 aliphatic rings. The fourth-order valence-corrected chi connectivity index (χ4v) is 2.58. The maximum atomic E-state index is 4.36. The summed E-state index contributed by atoms with van der Waals surface area (Å²) >= 11 is 0. The minimum atomic E-state index is 0.803. The Morgan fingerprint density at radius 2 is 2.35 bits per heavy atom. The number of aromatic nitrogens is 1. The van der Waals surface area contributed by atoms with E-state index in [0.717, 1.165) is 24.2 Å². The van der Waals surface area contributed by atoms with Crippen molar-refractivity contribution >= 4 is 5.82 Å². The van der Waals surface area contributed by atoms with Gasteiger partial charge < -0.3 is 5.32 Å². The lowest BCUT2D eigenvalue weighted by atomic mass is 9.95. The van der Waals surface area contributed by atoms with E-state index in [0.29, 0.717) is 0 Å². The molecule has 94 valence electrons. The minimum Gasteiger partial charge on any atom is -0.373 e. The van der Waals surface area contributed by atoms with E-state index in [9.17, 15) is 0 Å². The summed E-state index contributed by atoms with van der Waals surface area (Å²) in [6, 6.07) is 4.19. The average Bonchev–Trinajstić information content (AvgIpc) is 2.78. The van der Waals surface area contributed by atoms with Gasteiger partial charge in [-0.1, -0.05) is 19.9 Å². The maximum absolute atomic E-state index is 4.36. The fraction of sp³-hybridized carbons (Fsp3) is 0.643. The highest BCUT2D eigenvalue weighted by molar-refractivity contribution is 5.42. The molecule has 1 unspecified atom stereocenters. The SMILES string of the molecule is CNc1ncccc1CN1CCC(C(C)C)C1.